The molecule has 3 heterocycles. The van der Waals surface area contributed by atoms with Gasteiger partial charge in [0.15, 0.2) is 0 Å². The van der Waals surface area contributed by atoms with Crippen LogP contribution in [-0.4, -0.2) is 16.8 Å². The molecule has 64 heavy (non-hydrogen) atoms. The van der Waals surface area contributed by atoms with E-state index in [1.165, 1.54) is 0 Å². The summed E-state index contributed by atoms with van der Waals surface area (Å²) in [6.07, 6.45) is 0. The van der Waals surface area contributed by atoms with Crippen LogP contribution in [0.3, 0.4) is 0 Å². The van der Waals surface area contributed by atoms with Gasteiger partial charge in [-0.1, -0.05) is 127 Å². The molecule has 0 atom stereocenters. The summed E-state index contributed by atoms with van der Waals surface area (Å²) in [4.78, 5) is 7.46. The van der Waals surface area contributed by atoms with Crippen LogP contribution in [-0.2, 0) is 25.1 Å². The summed E-state index contributed by atoms with van der Waals surface area (Å²) in [5.41, 5.74) is 10.5. The van der Waals surface area contributed by atoms with Gasteiger partial charge in [-0.2, -0.15) is 0 Å². The summed E-state index contributed by atoms with van der Waals surface area (Å²) >= 11 is 0. The second-order valence-electron chi connectivity index (χ2n) is 16.1. The van der Waals surface area contributed by atoms with Crippen LogP contribution < -0.4 is 14.7 Å². The highest BCUT2D eigenvalue weighted by Crippen LogP contribution is 2.59. The van der Waals surface area contributed by atoms with Crippen molar-refractivity contribution in [3.8, 4) is 0 Å². The van der Waals surface area contributed by atoms with Crippen LogP contribution in [0.25, 0.3) is 0 Å². The van der Waals surface area contributed by atoms with Crippen molar-refractivity contribution in [2.45, 2.75) is 25.0 Å². The van der Waals surface area contributed by atoms with Crippen molar-refractivity contribution in [1.29, 1.82) is 0 Å². The number of hydrogen-bond acceptors (Lipinski definition) is 7. The molecule has 308 valence electrons. The monoisotopic (exact) mass is 867 g/mol. The van der Waals surface area contributed by atoms with E-state index < -0.39 is 25.1 Å². The lowest BCUT2D eigenvalue weighted by atomic mass is 9.62. The van der Waals surface area contributed by atoms with Gasteiger partial charge in [0.2, 0.25) is 19.7 Å². The van der Waals surface area contributed by atoms with E-state index >= 15 is 0 Å². The summed E-state index contributed by atoms with van der Waals surface area (Å²) in [6, 6.07) is 73.3. The molecule has 7 nitrogen and oxygen atoms in total. The van der Waals surface area contributed by atoms with E-state index in [2.05, 4.69) is 126 Å². The molecule has 0 spiro atoms. The number of benzene rings is 9. The summed E-state index contributed by atoms with van der Waals surface area (Å²) in [5.74, 6) is 0. The second-order valence-corrected chi connectivity index (χ2v) is 19.9. The Hall–Kier alpha value is -7.72. The normalized spacial score (nSPS) is 15.7. The lowest BCUT2D eigenvalue weighted by Gasteiger charge is -2.46. The number of nitrogens with zero attached hydrogens (tertiary/aromatic N) is 3. The maximum atomic E-state index is 13.9. The first-order chi connectivity index (χ1) is 31.3. The minimum Gasteiger partial charge on any atom is -0.310 e. The predicted molar refractivity (Wildman–Crippen MR) is 253 cm³/mol. The maximum absolute atomic E-state index is 13.9. The summed E-state index contributed by atoms with van der Waals surface area (Å²) in [7, 11) is -7.48. The fourth-order valence-electron chi connectivity index (χ4n) is 10.1. The Bertz CT molecular complexity index is 3230. The molecule has 0 aromatic heterocycles. The van der Waals surface area contributed by atoms with Gasteiger partial charge in [0.1, 0.15) is 0 Å². The van der Waals surface area contributed by atoms with Gasteiger partial charge in [-0.05, 0) is 119 Å². The van der Waals surface area contributed by atoms with Crippen LogP contribution in [0.2, 0.25) is 0 Å². The van der Waals surface area contributed by atoms with Crippen LogP contribution in [0, 0.1) is 0 Å². The molecule has 9 aromatic carbocycles. The summed E-state index contributed by atoms with van der Waals surface area (Å²) in [5, 5.41) is 0. The predicted octanol–water partition coefficient (Wildman–Crippen LogP) is 13.1. The number of para-hydroxylation sites is 7. The molecule has 9 aromatic rings. The van der Waals surface area contributed by atoms with Gasteiger partial charge in [0.25, 0.3) is 0 Å². The lowest BCUT2D eigenvalue weighted by Crippen LogP contribution is -2.37. The first kappa shape index (κ1) is 38.0. The minimum absolute atomic E-state index is 0.266. The van der Waals surface area contributed by atoms with E-state index in [1.54, 1.807) is 48.5 Å². The van der Waals surface area contributed by atoms with E-state index in [0.29, 0.717) is 22.7 Å². The molecule has 0 saturated carbocycles. The third-order valence-electron chi connectivity index (χ3n) is 12.8. The maximum Gasteiger partial charge on any atom is 0.210 e. The molecule has 3 aliphatic heterocycles. The molecule has 0 bridgehead atoms. The third-order valence-corrected chi connectivity index (χ3v) is 16.5. The SMILES string of the molecule is O=S1(=O)c2ccccc2N(c2ccc(C3(c4ccc(N5c6ccccc6S(=O)(=O)c6ccccc65)cc4)c4ccccc4N(c4ccccc4)c4ccccc43)cc2)c2ccccc21. The van der Waals surface area contributed by atoms with Gasteiger partial charge in [0, 0.05) is 17.1 Å². The Morgan fingerprint density at radius 1 is 0.266 bits per heavy atom. The Labute approximate surface area is 372 Å². The van der Waals surface area contributed by atoms with E-state index in [9.17, 15) is 16.8 Å². The molecule has 9 heteroatoms. The van der Waals surface area contributed by atoms with Crippen molar-refractivity contribution < 1.29 is 16.8 Å². The van der Waals surface area contributed by atoms with Crippen molar-refractivity contribution in [2.75, 3.05) is 14.7 Å². The number of sulfone groups is 2. The number of rotatable bonds is 5. The molecule has 3 aliphatic rings. The molecule has 0 fully saturated rings. The second kappa shape index (κ2) is 14.2. The Morgan fingerprint density at radius 3 is 0.891 bits per heavy atom. The van der Waals surface area contributed by atoms with Crippen LogP contribution in [0.15, 0.2) is 244 Å². The van der Waals surface area contributed by atoms with E-state index in [0.717, 1.165) is 50.7 Å². The van der Waals surface area contributed by atoms with Crippen molar-refractivity contribution in [3.63, 3.8) is 0 Å². The zero-order chi connectivity index (χ0) is 43.2. The molecule has 0 N–H and O–H groups in total. The van der Waals surface area contributed by atoms with Crippen molar-refractivity contribution in [1.82, 2.24) is 0 Å². The average molecular weight is 868 g/mol. The first-order valence-electron chi connectivity index (χ1n) is 21.0. The molecule has 0 aliphatic carbocycles. The fraction of sp³-hybridized carbons (Fsp3) is 0.0182. The van der Waals surface area contributed by atoms with E-state index in [1.807, 2.05) is 64.4 Å². The Morgan fingerprint density at radius 2 is 0.531 bits per heavy atom. The van der Waals surface area contributed by atoms with Gasteiger partial charge in [-0.15, -0.1) is 0 Å². The van der Waals surface area contributed by atoms with Gasteiger partial charge in [-0.3, -0.25) is 0 Å². The topological polar surface area (TPSA) is 78.0 Å². The highest BCUT2D eigenvalue weighted by atomic mass is 32.2. The lowest BCUT2D eigenvalue weighted by molar-refractivity contribution is 0.593. The van der Waals surface area contributed by atoms with Crippen LogP contribution in [0.5, 0.6) is 0 Å². The van der Waals surface area contributed by atoms with Crippen molar-refractivity contribution in [3.05, 3.63) is 247 Å². The molecular formula is C55H37N3O4S2. The first-order valence-corrected chi connectivity index (χ1v) is 24.0. The minimum atomic E-state index is -3.74. The number of fused-ring (bicyclic) bond motifs is 6. The van der Waals surface area contributed by atoms with Crippen molar-refractivity contribution >= 4 is 70.9 Å². The zero-order valence-corrected chi connectivity index (χ0v) is 35.8. The average Bonchev–Trinajstić information content (AvgIpc) is 3.34. The molecule has 0 saturated heterocycles. The number of anilines is 9. The summed E-state index contributed by atoms with van der Waals surface area (Å²) < 4.78 is 55.6. The van der Waals surface area contributed by atoms with Gasteiger partial charge < -0.3 is 14.7 Å². The molecule has 0 amide bonds. The third kappa shape index (κ3) is 5.31. The van der Waals surface area contributed by atoms with Crippen LogP contribution in [0.4, 0.5) is 51.2 Å². The van der Waals surface area contributed by atoms with Gasteiger partial charge >= 0.3 is 0 Å². The highest BCUT2D eigenvalue weighted by Gasteiger charge is 2.47. The molecule has 0 radical (unpaired) electrons. The largest absolute Gasteiger partial charge is 0.310 e. The van der Waals surface area contributed by atoms with E-state index in [-0.39, 0.29) is 19.6 Å². The highest BCUT2D eigenvalue weighted by molar-refractivity contribution is 7.92. The summed E-state index contributed by atoms with van der Waals surface area (Å²) in [6.45, 7) is 0. The smallest absolute Gasteiger partial charge is 0.210 e. The van der Waals surface area contributed by atoms with Crippen molar-refractivity contribution in [2.24, 2.45) is 0 Å². The quantitative estimate of drug-likeness (QED) is 0.170. The number of hydrogen-bond donors (Lipinski definition) is 0. The van der Waals surface area contributed by atoms with Crippen LogP contribution in [0.1, 0.15) is 22.3 Å². The molecule has 12 rings (SSSR count). The zero-order valence-electron chi connectivity index (χ0n) is 34.2. The van der Waals surface area contributed by atoms with Gasteiger partial charge in [0.05, 0.1) is 59.1 Å². The Balaban J connectivity index is 1.08. The molecule has 0 unspecified atom stereocenters. The van der Waals surface area contributed by atoms with Gasteiger partial charge in [-0.25, -0.2) is 16.8 Å². The van der Waals surface area contributed by atoms with E-state index in [4.69, 9.17) is 0 Å². The molecular weight excluding hydrogens is 831 g/mol. The van der Waals surface area contributed by atoms with Crippen LogP contribution >= 0.6 is 0 Å². The standard InChI is InChI=1S/C55H37N3O4S2/c59-63(60)51-26-12-8-22-47(51)57(48-23-9-13-27-52(48)63)41-34-30-38(31-35-41)55(43-18-4-6-20-45(43)56(40-16-2-1-3-17-40)46-21-7-5-19-44(46)55)39-32-36-42(37-33-39)58-49-24-10-14-28-53(49)64(61,62)54-29-15-11-25-50(54)58/h1-37H. The Kier molecular flexibility index (Phi) is 8.40. The fourth-order valence-corrected chi connectivity index (χ4v) is 13.4.